The summed E-state index contributed by atoms with van der Waals surface area (Å²) in [6, 6.07) is 3.05. The molecule has 1 aromatic rings. The topological polar surface area (TPSA) is 108 Å². The molecule has 190 valence electrons. The van der Waals surface area contributed by atoms with Crippen LogP contribution in [0.1, 0.15) is 90.8 Å². The molecule has 0 bridgehead atoms. The molecule has 0 aromatic heterocycles. The van der Waals surface area contributed by atoms with Crippen molar-refractivity contribution in [3.63, 3.8) is 0 Å². The molecule has 1 aliphatic rings. The number of nitrogens with zero attached hydrogens (tertiary/aromatic N) is 1. The Morgan fingerprint density at radius 2 is 1.82 bits per heavy atom. The highest BCUT2D eigenvalue weighted by atomic mass is 16.6. The van der Waals surface area contributed by atoms with Crippen molar-refractivity contribution in [1.29, 1.82) is 0 Å². The lowest BCUT2D eigenvalue weighted by molar-refractivity contribution is -0.147. The van der Waals surface area contributed by atoms with E-state index in [0.717, 1.165) is 32.1 Å². The zero-order valence-corrected chi connectivity index (χ0v) is 21.6. The lowest BCUT2D eigenvalue weighted by atomic mass is 9.87. The number of aryl methyl sites for hydroxylation is 1. The number of nitrogens with one attached hydrogen (secondary N) is 2. The Morgan fingerprint density at radius 1 is 1.18 bits per heavy atom. The van der Waals surface area contributed by atoms with Crippen LogP contribution in [0, 0.1) is 6.92 Å². The van der Waals surface area contributed by atoms with Crippen LogP contribution in [-0.4, -0.2) is 51.6 Å². The van der Waals surface area contributed by atoms with Gasteiger partial charge in [-0.15, -0.1) is 0 Å². The summed E-state index contributed by atoms with van der Waals surface area (Å²) >= 11 is 0. The van der Waals surface area contributed by atoms with Crippen LogP contribution in [0.3, 0.4) is 0 Å². The third kappa shape index (κ3) is 7.11. The third-order valence-electron chi connectivity index (χ3n) is 6.03. The number of alkyl carbamates (subject to hydrolysis) is 1. The van der Waals surface area contributed by atoms with Crippen molar-refractivity contribution in [3.8, 4) is 5.75 Å². The summed E-state index contributed by atoms with van der Waals surface area (Å²) in [5.74, 6) is -0.734. The van der Waals surface area contributed by atoms with E-state index in [1.54, 1.807) is 57.7 Å². The summed E-state index contributed by atoms with van der Waals surface area (Å²) in [7, 11) is 0. The second kappa shape index (κ2) is 11.6. The van der Waals surface area contributed by atoms with Gasteiger partial charge in [0.1, 0.15) is 23.4 Å². The highest BCUT2D eigenvalue weighted by Gasteiger charge is 2.42. The fourth-order valence-electron chi connectivity index (χ4n) is 4.10. The summed E-state index contributed by atoms with van der Waals surface area (Å²) < 4.78 is 5.31. The van der Waals surface area contributed by atoms with Gasteiger partial charge in [-0.05, 0) is 72.8 Å². The van der Waals surface area contributed by atoms with Crippen LogP contribution in [0.25, 0.3) is 0 Å². The first-order valence-corrected chi connectivity index (χ1v) is 12.3. The van der Waals surface area contributed by atoms with E-state index < -0.39 is 23.8 Å². The maximum Gasteiger partial charge on any atom is 0.408 e. The molecule has 8 nitrogen and oxygen atoms in total. The van der Waals surface area contributed by atoms with E-state index in [1.165, 1.54) is 0 Å². The number of phenols is 1. The van der Waals surface area contributed by atoms with Crippen LogP contribution < -0.4 is 10.6 Å². The molecule has 1 fully saturated rings. The summed E-state index contributed by atoms with van der Waals surface area (Å²) in [6.07, 6.45) is 3.47. The number of ether oxygens (including phenoxy) is 1. The van der Waals surface area contributed by atoms with Gasteiger partial charge in [-0.2, -0.15) is 0 Å². The molecule has 1 aliphatic carbocycles. The molecule has 8 heteroatoms. The van der Waals surface area contributed by atoms with E-state index in [9.17, 15) is 19.5 Å². The number of carbonyl (C=O) groups is 3. The third-order valence-corrected chi connectivity index (χ3v) is 6.03. The summed E-state index contributed by atoms with van der Waals surface area (Å²) in [4.78, 5) is 41.2. The Balaban J connectivity index is 2.43. The summed E-state index contributed by atoms with van der Waals surface area (Å²) in [5, 5.41) is 16.5. The summed E-state index contributed by atoms with van der Waals surface area (Å²) in [5.41, 5.74) is 0.301. The van der Waals surface area contributed by atoms with Crippen molar-refractivity contribution >= 4 is 17.9 Å². The Bertz CT molecular complexity index is 876. The molecule has 3 unspecified atom stereocenters. The Hall–Kier alpha value is -2.77. The van der Waals surface area contributed by atoms with Gasteiger partial charge in [-0.25, -0.2) is 4.79 Å². The normalized spacial score (nSPS) is 16.6. The largest absolute Gasteiger partial charge is 0.507 e. The molecule has 3 atom stereocenters. The molecule has 34 heavy (non-hydrogen) atoms. The minimum absolute atomic E-state index is 0.00401. The van der Waals surface area contributed by atoms with Gasteiger partial charge in [0.25, 0.3) is 0 Å². The molecule has 0 radical (unpaired) electrons. The minimum Gasteiger partial charge on any atom is -0.507 e. The Morgan fingerprint density at radius 3 is 2.35 bits per heavy atom. The molecule has 2 rings (SSSR count). The maximum absolute atomic E-state index is 13.7. The molecular weight excluding hydrogens is 434 g/mol. The van der Waals surface area contributed by atoms with Crippen molar-refractivity contribution in [1.82, 2.24) is 15.5 Å². The van der Waals surface area contributed by atoms with Gasteiger partial charge in [0.05, 0.1) is 0 Å². The smallest absolute Gasteiger partial charge is 0.408 e. The molecule has 0 spiro atoms. The molecule has 0 heterocycles. The average molecular weight is 476 g/mol. The number of carbonyl (C=O) groups excluding carboxylic acids is 3. The minimum atomic E-state index is -1.01. The van der Waals surface area contributed by atoms with E-state index >= 15 is 0 Å². The number of hydrogen-bond acceptors (Lipinski definition) is 5. The van der Waals surface area contributed by atoms with Crippen LogP contribution in [-0.2, 0) is 14.3 Å². The monoisotopic (exact) mass is 475 g/mol. The standard InChI is InChI=1S/C26H41N3O5/c1-8-11-17(3)27-23(31)21(20-15-9-12-16(2)22(20)30)29(19-13-10-14-19)24(32)18(4)28-25(33)34-26(5,6)7/h9,12,15,17-19,21,30H,8,10-11,13-14H2,1-7H3,(H,27,31)(H,28,33). The van der Waals surface area contributed by atoms with Crippen molar-refractivity contribution in [2.24, 2.45) is 0 Å². The zero-order valence-electron chi connectivity index (χ0n) is 21.6. The second-order valence-corrected chi connectivity index (χ2v) is 10.3. The molecule has 1 aromatic carbocycles. The lowest BCUT2D eigenvalue weighted by Crippen LogP contribution is -2.57. The number of aromatic hydroxyl groups is 1. The van der Waals surface area contributed by atoms with E-state index in [4.69, 9.17) is 4.74 Å². The van der Waals surface area contributed by atoms with Gasteiger partial charge in [-0.1, -0.05) is 31.5 Å². The van der Waals surface area contributed by atoms with Crippen molar-refractivity contribution in [3.05, 3.63) is 29.3 Å². The fourth-order valence-corrected chi connectivity index (χ4v) is 4.10. The first-order chi connectivity index (χ1) is 15.9. The highest BCUT2D eigenvalue weighted by molar-refractivity contribution is 5.92. The average Bonchev–Trinajstić information content (AvgIpc) is 2.67. The van der Waals surface area contributed by atoms with Gasteiger partial charge in [0, 0.05) is 17.6 Å². The van der Waals surface area contributed by atoms with Crippen molar-refractivity contribution in [2.45, 2.75) is 110 Å². The van der Waals surface area contributed by atoms with E-state index in [2.05, 4.69) is 10.6 Å². The predicted molar refractivity (Wildman–Crippen MR) is 131 cm³/mol. The van der Waals surface area contributed by atoms with Gasteiger partial charge in [0.15, 0.2) is 0 Å². The number of benzene rings is 1. The Labute approximate surface area is 203 Å². The number of para-hydroxylation sites is 1. The van der Waals surface area contributed by atoms with Crippen LogP contribution in [0.4, 0.5) is 4.79 Å². The van der Waals surface area contributed by atoms with Crippen LogP contribution in [0.5, 0.6) is 5.75 Å². The van der Waals surface area contributed by atoms with E-state index in [-0.39, 0.29) is 29.6 Å². The lowest BCUT2D eigenvalue weighted by Gasteiger charge is -2.43. The molecule has 0 saturated heterocycles. The van der Waals surface area contributed by atoms with E-state index in [0.29, 0.717) is 11.1 Å². The van der Waals surface area contributed by atoms with Crippen LogP contribution in [0.15, 0.2) is 18.2 Å². The first kappa shape index (κ1) is 27.5. The SMILES string of the molecule is CCCC(C)NC(=O)C(c1cccc(C)c1O)N(C(=O)C(C)NC(=O)OC(C)(C)C)C1CCC1. The number of rotatable bonds is 9. The highest BCUT2D eigenvalue weighted by Crippen LogP contribution is 2.37. The number of amides is 3. The van der Waals surface area contributed by atoms with Gasteiger partial charge in [-0.3, -0.25) is 9.59 Å². The van der Waals surface area contributed by atoms with Crippen molar-refractivity contribution < 1.29 is 24.2 Å². The quantitative estimate of drug-likeness (QED) is 0.492. The fraction of sp³-hybridized carbons (Fsp3) is 0.654. The predicted octanol–water partition coefficient (Wildman–Crippen LogP) is 4.34. The Kier molecular flexibility index (Phi) is 9.36. The second-order valence-electron chi connectivity index (χ2n) is 10.3. The van der Waals surface area contributed by atoms with Crippen LogP contribution >= 0.6 is 0 Å². The summed E-state index contributed by atoms with van der Waals surface area (Å²) in [6.45, 7) is 12.6. The van der Waals surface area contributed by atoms with Gasteiger partial charge < -0.3 is 25.4 Å². The van der Waals surface area contributed by atoms with Gasteiger partial charge >= 0.3 is 6.09 Å². The van der Waals surface area contributed by atoms with Crippen molar-refractivity contribution in [2.75, 3.05) is 0 Å². The zero-order chi connectivity index (χ0) is 25.6. The molecule has 3 amide bonds. The van der Waals surface area contributed by atoms with Crippen LogP contribution in [0.2, 0.25) is 0 Å². The molecule has 0 aliphatic heterocycles. The van der Waals surface area contributed by atoms with E-state index in [1.807, 2.05) is 13.8 Å². The van der Waals surface area contributed by atoms with Gasteiger partial charge in [0.2, 0.25) is 11.8 Å². The maximum atomic E-state index is 13.7. The number of hydrogen-bond donors (Lipinski definition) is 3. The first-order valence-electron chi connectivity index (χ1n) is 12.3. The molecule has 1 saturated carbocycles. The molecular formula is C26H41N3O5. The number of phenolic OH excluding ortho intramolecular Hbond substituents is 1. The molecule has 3 N–H and O–H groups in total.